The van der Waals surface area contributed by atoms with Crippen molar-refractivity contribution < 1.29 is 10.0 Å². The molecule has 2 unspecified atom stereocenters. The molecule has 0 aliphatic heterocycles. The summed E-state index contributed by atoms with van der Waals surface area (Å²) in [5.74, 6) is 0.420. The molecular formula is C8H15NO3. The molecular weight excluding hydrogens is 158 g/mol. The van der Waals surface area contributed by atoms with Gasteiger partial charge in [-0.05, 0) is 18.8 Å². The van der Waals surface area contributed by atoms with Gasteiger partial charge in [-0.25, -0.2) is 0 Å². The van der Waals surface area contributed by atoms with Gasteiger partial charge in [0.25, 0.3) is 0 Å². The Labute approximate surface area is 71.7 Å². The zero-order chi connectivity index (χ0) is 9.19. The Kier molecular flexibility index (Phi) is 2.67. The molecule has 0 aromatic carbocycles. The molecule has 0 heterocycles. The Hall–Kier alpha value is -0.640. The zero-order valence-electron chi connectivity index (χ0n) is 7.32. The van der Waals surface area contributed by atoms with E-state index >= 15 is 0 Å². The summed E-state index contributed by atoms with van der Waals surface area (Å²) in [6.07, 6.45) is 3.15. The van der Waals surface area contributed by atoms with Crippen LogP contribution in [0.25, 0.3) is 0 Å². The van der Waals surface area contributed by atoms with Crippen LogP contribution in [0.1, 0.15) is 32.6 Å². The highest BCUT2D eigenvalue weighted by Gasteiger charge is 2.37. The maximum Gasteiger partial charge on any atom is 0.232 e. The lowest BCUT2D eigenvalue weighted by molar-refractivity contribution is -0.502. The monoisotopic (exact) mass is 173 g/mol. The van der Waals surface area contributed by atoms with Crippen LogP contribution in [0.4, 0.5) is 0 Å². The van der Waals surface area contributed by atoms with Gasteiger partial charge >= 0.3 is 0 Å². The van der Waals surface area contributed by atoms with Crippen molar-refractivity contribution in [2.45, 2.75) is 38.2 Å². The molecule has 0 bridgehead atoms. The second kappa shape index (κ2) is 3.39. The van der Waals surface area contributed by atoms with Crippen molar-refractivity contribution in [1.82, 2.24) is 0 Å². The van der Waals surface area contributed by atoms with Crippen LogP contribution in [-0.2, 0) is 0 Å². The van der Waals surface area contributed by atoms with E-state index in [4.69, 9.17) is 0 Å². The molecule has 1 aliphatic carbocycles. The quantitative estimate of drug-likeness (QED) is 0.504. The van der Waals surface area contributed by atoms with Crippen molar-refractivity contribution in [3.63, 3.8) is 0 Å². The predicted octanol–water partition coefficient (Wildman–Crippen LogP) is 1.20. The Balaban J connectivity index is 2.51. The number of rotatable bonds is 2. The van der Waals surface area contributed by atoms with Crippen LogP contribution >= 0.6 is 0 Å². The van der Waals surface area contributed by atoms with Crippen molar-refractivity contribution in [3.8, 4) is 0 Å². The van der Waals surface area contributed by atoms with Gasteiger partial charge in [0.15, 0.2) is 0 Å². The summed E-state index contributed by atoms with van der Waals surface area (Å²) in [7, 11) is 0. The first kappa shape index (κ1) is 9.45. The van der Waals surface area contributed by atoms with E-state index in [0.717, 1.165) is 12.8 Å². The second-order valence-corrected chi connectivity index (χ2v) is 3.92. The standard InChI is InChI=1S/C8H15NO3/c1-7-3-2-4-8(10,5-7)6-9(11)12/h7,10H,2-6H2,1H3. The van der Waals surface area contributed by atoms with E-state index < -0.39 is 10.5 Å². The van der Waals surface area contributed by atoms with E-state index in [1.807, 2.05) is 6.92 Å². The van der Waals surface area contributed by atoms with Gasteiger partial charge in [0, 0.05) is 4.92 Å². The molecule has 1 fully saturated rings. The van der Waals surface area contributed by atoms with Gasteiger partial charge in [-0.1, -0.05) is 19.8 Å². The summed E-state index contributed by atoms with van der Waals surface area (Å²) < 4.78 is 0. The predicted molar refractivity (Wildman–Crippen MR) is 44.4 cm³/mol. The fourth-order valence-corrected chi connectivity index (χ4v) is 2.02. The molecule has 0 radical (unpaired) electrons. The molecule has 4 nitrogen and oxygen atoms in total. The lowest BCUT2D eigenvalue weighted by Crippen LogP contribution is -2.41. The third kappa shape index (κ3) is 2.44. The Morgan fingerprint density at radius 3 is 2.92 bits per heavy atom. The highest BCUT2D eigenvalue weighted by molar-refractivity contribution is 4.84. The van der Waals surface area contributed by atoms with Crippen LogP contribution in [0.5, 0.6) is 0 Å². The molecule has 0 saturated heterocycles. The zero-order valence-corrected chi connectivity index (χ0v) is 7.32. The first-order valence-corrected chi connectivity index (χ1v) is 4.36. The summed E-state index contributed by atoms with van der Waals surface area (Å²) in [4.78, 5) is 9.81. The molecule has 12 heavy (non-hydrogen) atoms. The van der Waals surface area contributed by atoms with Crippen molar-refractivity contribution in [2.24, 2.45) is 5.92 Å². The van der Waals surface area contributed by atoms with Crippen LogP contribution in [0.3, 0.4) is 0 Å². The highest BCUT2D eigenvalue weighted by atomic mass is 16.6. The van der Waals surface area contributed by atoms with Gasteiger partial charge in [-0.3, -0.25) is 10.1 Å². The molecule has 1 N–H and O–H groups in total. The SMILES string of the molecule is CC1CCCC(O)(C[N+](=O)[O-])C1. The van der Waals surface area contributed by atoms with Crippen LogP contribution in [0, 0.1) is 16.0 Å². The summed E-state index contributed by atoms with van der Waals surface area (Å²) in [5.41, 5.74) is -1.03. The van der Waals surface area contributed by atoms with Gasteiger partial charge < -0.3 is 5.11 Å². The van der Waals surface area contributed by atoms with Crippen molar-refractivity contribution >= 4 is 0 Å². The molecule has 1 saturated carbocycles. The molecule has 0 aromatic rings. The van der Waals surface area contributed by atoms with Gasteiger partial charge in [-0.2, -0.15) is 0 Å². The largest absolute Gasteiger partial charge is 0.383 e. The molecule has 2 atom stereocenters. The Morgan fingerprint density at radius 1 is 1.75 bits per heavy atom. The van der Waals surface area contributed by atoms with Crippen LogP contribution < -0.4 is 0 Å². The average molecular weight is 173 g/mol. The molecule has 1 rings (SSSR count). The minimum atomic E-state index is -1.03. The topological polar surface area (TPSA) is 63.4 Å². The third-order valence-corrected chi connectivity index (χ3v) is 2.49. The molecule has 4 heteroatoms. The highest BCUT2D eigenvalue weighted by Crippen LogP contribution is 2.31. The molecule has 70 valence electrons. The number of nitrogens with zero attached hydrogens (tertiary/aromatic N) is 1. The minimum absolute atomic E-state index is 0.294. The van der Waals surface area contributed by atoms with Crippen LogP contribution in [0.15, 0.2) is 0 Å². The number of aliphatic hydroxyl groups is 1. The number of nitro groups is 1. The minimum Gasteiger partial charge on any atom is -0.383 e. The summed E-state index contributed by atoms with van der Waals surface area (Å²) >= 11 is 0. The molecule has 0 amide bonds. The summed E-state index contributed by atoms with van der Waals surface area (Å²) in [6.45, 7) is 1.74. The van der Waals surface area contributed by atoms with Gasteiger partial charge in [0.2, 0.25) is 6.54 Å². The first-order valence-electron chi connectivity index (χ1n) is 4.36. The fourth-order valence-electron chi connectivity index (χ4n) is 2.02. The Bertz CT molecular complexity index is 183. The van der Waals surface area contributed by atoms with E-state index in [-0.39, 0.29) is 6.54 Å². The van der Waals surface area contributed by atoms with Crippen LogP contribution in [0.2, 0.25) is 0 Å². The van der Waals surface area contributed by atoms with E-state index in [1.54, 1.807) is 0 Å². The van der Waals surface area contributed by atoms with E-state index in [9.17, 15) is 15.2 Å². The first-order chi connectivity index (χ1) is 5.52. The van der Waals surface area contributed by atoms with Crippen molar-refractivity contribution in [3.05, 3.63) is 10.1 Å². The van der Waals surface area contributed by atoms with E-state index in [2.05, 4.69) is 0 Å². The summed E-state index contributed by atoms with van der Waals surface area (Å²) in [5, 5.41) is 20.0. The maximum atomic E-state index is 10.2. The van der Waals surface area contributed by atoms with Gasteiger partial charge in [0.1, 0.15) is 5.60 Å². The second-order valence-electron chi connectivity index (χ2n) is 3.92. The van der Waals surface area contributed by atoms with Crippen molar-refractivity contribution in [2.75, 3.05) is 6.54 Å². The van der Waals surface area contributed by atoms with Crippen molar-refractivity contribution in [1.29, 1.82) is 0 Å². The van der Waals surface area contributed by atoms with Crippen LogP contribution in [-0.4, -0.2) is 22.2 Å². The molecule has 1 aliphatic rings. The van der Waals surface area contributed by atoms with E-state index in [1.165, 1.54) is 0 Å². The smallest absolute Gasteiger partial charge is 0.232 e. The fraction of sp³-hybridized carbons (Fsp3) is 1.00. The third-order valence-electron chi connectivity index (χ3n) is 2.49. The molecule has 0 aromatic heterocycles. The lowest BCUT2D eigenvalue weighted by atomic mass is 9.79. The lowest BCUT2D eigenvalue weighted by Gasteiger charge is -2.31. The molecule has 0 spiro atoms. The maximum absolute atomic E-state index is 10.2. The van der Waals surface area contributed by atoms with E-state index in [0.29, 0.717) is 18.8 Å². The van der Waals surface area contributed by atoms with Gasteiger partial charge in [0.05, 0.1) is 0 Å². The number of hydrogen-bond acceptors (Lipinski definition) is 3. The van der Waals surface area contributed by atoms with Gasteiger partial charge in [-0.15, -0.1) is 0 Å². The average Bonchev–Trinajstić information content (AvgIpc) is 1.82. The summed E-state index contributed by atoms with van der Waals surface area (Å²) in [6, 6.07) is 0. The Morgan fingerprint density at radius 2 is 2.42 bits per heavy atom. The number of hydrogen-bond donors (Lipinski definition) is 1. The normalized spacial score (nSPS) is 36.3.